The van der Waals surface area contributed by atoms with E-state index in [9.17, 15) is 14.4 Å². The van der Waals surface area contributed by atoms with Gasteiger partial charge in [-0.2, -0.15) is 0 Å². The Morgan fingerprint density at radius 2 is 1.48 bits per heavy atom. The van der Waals surface area contributed by atoms with Crippen molar-refractivity contribution >= 4 is 17.8 Å². The van der Waals surface area contributed by atoms with Gasteiger partial charge in [-0.15, -0.1) is 0 Å². The summed E-state index contributed by atoms with van der Waals surface area (Å²) >= 11 is 0. The van der Waals surface area contributed by atoms with Crippen molar-refractivity contribution in [2.45, 2.75) is 38.5 Å². The second-order valence-electron chi connectivity index (χ2n) is 5.55. The SMILES string of the molecule is O=C(ON1C(=O)c2ccccc2C1=O)C1CCCCCC1. The Morgan fingerprint density at radius 1 is 0.952 bits per heavy atom. The van der Waals surface area contributed by atoms with E-state index in [4.69, 9.17) is 4.84 Å². The average molecular weight is 287 g/mol. The number of carbonyl (C=O) groups is 3. The Morgan fingerprint density at radius 3 is 2.00 bits per heavy atom. The lowest BCUT2D eigenvalue weighted by Gasteiger charge is -2.17. The number of hydroxylamine groups is 2. The van der Waals surface area contributed by atoms with E-state index in [-0.39, 0.29) is 17.0 Å². The van der Waals surface area contributed by atoms with Gasteiger partial charge in [0, 0.05) is 0 Å². The Bertz CT molecular complexity index is 553. The molecule has 110 valence electrons. The molecule has 21 heavy (non-hydrogen) atoms. The molecule has 0 saturated heterocycles. The summed E-state index contributed by atoms with van der Waals surface area (Å²) in [5.74, 6) is -1.79. The standard InChI is InChI=1S/C16H17NO4/c18-14-12-9-5-6-10-13(12)15(19)17(14)21-16(20)11-7-3-1-2-4-8-11/h5-6,9-11H,1-4,7-8H2. The van der Waals surface area contributed by atoms with Gasteiger partial charge in [0.2, 0.25) is 0 Å². The molecule has 1 heterocycles. The van der Waals surface area contributed by atoms with Gasteiger partial charge in [-0.3, -0.25) is 9.59 Å². The molecule has 0 bridgehead atoms. The molecule has 1 fully saturated rings. The molecule has 2 aliphatic rings. The predicted octanol–water partition coefficient (Wildman–Crippen LogP) is 2.71. The van der Waals surface area contributed by atoms with Crippen LogP contribution >= 0.6 is 0 Å². The van der Waals surface area contributed by atoms with Crippen LogP contribution < -0.4 is 0 Å². The van der Waals surface area contributed by atoms with Crippen LogP contribution in [0.5, 0.6) is 0 Å². The van der Waals surface area contributed by atoms with Crippen molar-refractivity contribution in [3.63, 3.8) is 0 Å². The van der Waals surface area contributed by atoms with Crippen molar-refractivity contribution in [3.8, 4) is 0 Å². The lowest BCUT2D eigenvalue weighted by atomic mass is 10.0. The number of imide groups is 1. The first kappa shape index (κ1) is 13.8. The summed E-state index contributed by atoms with van der Waals surface area (Å²) in [7, 11) is 0. The van der Waals surface area contributed by atoms with Gasteiger partial charge in [0.15, 0.2) is 0 Å². The van der Waals surface area contributed by atoms with Gasteiger partial charge < -0.3 is 4.84 Å². The lowest BCUT2D eigenvalue weighted by Crippen LogP contribution is -2.35. The number of fused-ring (bicyclic) bond motifs is 1. The van der Waals surface area contributed by atoms with Gasteiger partial charge in [-0.05, 0) is 25.0 Å². The molecule has 0 unspecified atom stereocenters. The van der Waals surface area contributed by atoms with E-state index >= 15 is 0 Å². The second kappa shape index (κ2) is 5.68. The molecule has 0 N–H and O–H groups in total. The molecule has 1 aliphatic heterocycles. The number of benzene rings is 1. The Labute approximate surface area is 122 Å². The summed E-state index contributed by atoms with van der Waals surface area (Å²) in [6.45, 7) is 0. The quantitative estimate of drug-likeness (QED) is 0.619. The van der Waals surface area contributed by atoms with E-state index in [2.05, 4.69) is 0 Å². The van der Waals surface area contributed by atoms with Crippen LogP contribution in [0.1, 0.15) is 59.2 Å². The van der Waals surface area contributed by atoms with Gasteiger partial charge in [0.05, 0.1) is 17.0 Å². The highest BCUT2D eigenvalue weighted by Gasteiger charge is 2.39. The maximum absolute atomic E-state index is 12.2. The highest BCUT2D eigenvalue weighted by molar-refractivity contribution is 6.20. The van der Waals surface area contributed by atoms with Gasteiger partial charge in [0.25, 0.3) is 11.8 Å². The molecule has 5 heteroatoms. The molecule has 0 aromatic heterocycles. The van der Waals surface area contributed by atoms with Crippen molar-refractivity contribution in [1.29, 1.82) is 0 Å². The van der Waals surface area contributed by atoms with Crippen molar-refractivity contribution in [1.82, 2.24) is 5.06 Å². The second-order valence-corrected chi connectivity index (χ2v) is 5.55. The van der Waals surface area contributed by atoms with Crippen molar-refractivity contribution in [3.05, 3.63) is 35.4 Å². The van der Waals surface area contributed by atoms with E-state index < -0.39 is 17.8 Å². The van der Waals surface area contributed by atoms with E-state index in [1.165, 1.54) is 0 Å². The van der Waals surface area contributed by atoms with E-state index in [0.29, 0.717) is 5.06 Å². The number of amides is 2. The van der Waals surface area contributed by atoms with E-state index in [1.54, 1.807) is 24.3 Å². The van der Waals surface area contributed by atoms with E-state index in [1.807, 2.05) is 0 Å². The Balaban J connectivity index is 1.72. The fourth-order valence-electron chi connectivity index (χ4n) is 2.93. The van der Waals surface area contributed by atoms with Crippen LogP contribution in [-0.4, -0.2) is 22.8 Å². The molecule has 5 nitrogen and oxygen atoms in total. The van der Waals surface area contributed by atoms with E-state index in [0.717, 1.165) is 38.5 Å². The van der Waals surface area contributed by atoms with Gasteiger partial charge in [-0.25, -0.2) is 4.79 Å². The molecular formula is C16H17NO4. The van der Waals surface area contributed by atoms with Crippen LogP contribution in [0.4, 0.5) is 0 Å². The van der Waals surface area contributed by atoms with Gasteiger partial charge in [-0.1, -0.05) is 42.9 Å². The number of carbonyl (C=O) groups excluding carboxylic acids is 3. The minimum Gasteiger partial charge on any atom is -0.329 e. The first-order chi connectivity index (χ1) is 10.2. The smallest absolute Gasteiger partial charge is 0.329 e. The number of nitrogens with zero attached hydrogens (tertiary/aromatic N) is 1. The summed E-state index contributed by atoms with van der Waals surface area (Å²) in [6.07, 6.45) is 5.75. The van der Waals surface area contributed by atoms with Crippen LogP contribution in [0.15, 0.2) is 24.3 Å². The third-order valence-corrected chi connectivity index (χ3v) is 4.13. The zero-order valence-corrected chi connectivity index (χ0v) is 11.7. The summed E-state index contributed by atoms with van der Waals surface area (Å²) < 4.78 is 0. The fourth-order valence-corrected chi connectivity index (χ4v) is 2.93. The van der Waals surface area contributed by atoms with Crippen LogP contribution in [-0.2, 0) is 9.63 Å². The summed E-state index contributed by atoms with van der Waals surface area (Å²) in [5.41, 5.74) is 0.576. The predicted molar refractivity (Wildman–Crippen MR) is 74.2 cm³/mol. The molecule has 2 amide bonds. The summed E-state index contributed by atoms with van der Waals surface area (Å²) in [5, 5.41) is 0.609. The number of rotatable bonds is 2. The molecule has 1 aromatic carbocycles. The summed E-state index contributed by atoms with van der Waals surface area (Å²) in [6, 6.07) is 6.49. The molecule has 0 radical (unpaired) electrons. The maximum Gasteiger partial charge on any atom is 0.336 e. The first-order valence-corrected chi connectivity index (χ1v) is 7.38. The zero-order chi connectivity index (χ0) is 14.8. The van der Waals surface area contributed by atoms with Gasteiger partial charge >= 0.3 is 5.97 Å². The van der Waals surface area contributed by atoms with Crippen molar-refractivity contribution in [2.24, 2.45) is 5.92 Å². The topological polar surface area (TPSA) is 63.7 Å². The van der Waals surface area contributed by atoms with Crippen molar-refractivity contribution < 1.29 is 19.2 Å². The third kappa shape index (κ3) is 2.55. The van der Waals surface area contributed by atoms with Crippen LogP contribution in [0, 0.1) is 5.92 Å². The highest BCUT2D eigenvalue weighted by Crippen LogP contribution is 2.27. The zero-order valence-electron chi connectivity index (χ0n) is 11.7. The minimum absolute atomic E-state index is 0.211. The fraction of sp³-hybridized carbons (Fsp3) is 0.438. The molecule has 3 rings (SSSR count). The molecule has 1 aromatic rings. The summed E-state index contributed by atoms with van der Waals surface area (Å²) in [4.78, 5) is 41.5. The monoisotopic (exact) mass is 287 g/mol. The average Bonchev–Trinajstić information content (AvgIpc) is 2.72. The largest absolute Gasteiger partial charge is 0.336 e. The first-order valence-electron chi connectivity index (χ1n) is 7.38. The molecule has 1 aliphatic carbocycles. The van der Waals surface area contributed by atoms with Gasteiger partial charge in [0.1, 0.15) is 0 Å². The van der Waals surface area contributed by atoms with Crippen LogP contribution in [0.2, 0.25) is 0 Å². The molecule has 1 saturated carbocycles. The molecule has 0 atom stereocenters. The minimum atomic E-state index is -0.558. The lowest BCUT2D eigenvalue weighted by molar-refractivity contribution is -0.174. The van der Waals surface area contributed by atoms with Crippen LogP contribution in [0.25, 0.3) is 0 Å². The van der Waals surface area contributed by atoms with Crippen LogP contribution in [0.3, 0.4) is 0 Å². The normalized spacial score (nSPS) is 19.3. The third-order valence-electron chi connectivity index (χ3n) is 4.13. The molecule has 0 spiro atoms. The number of hydrogen-bond acceptors (Lipinski definition) is 4. The molecular weight excluding hydrogens is 270 g/mol. The number of hydrogen-bond donors (Lipinski definition) is 0. The Kier molecular flexibility index (Phi) is 3.73. The highest BCUT2D eigenvalue weighted by atomic mass is 16.7. The van der Waals surface area contributed by atoms with Crippen molar-refractivity contribution in [2.75, 3.05) is 0 Å². The Hall–Kier alpha value is -2.17. The maximum atomic E-state index is 12.2.